The molecule has 0 spiro atoms. The van der Waals surface area contributed by atoms with Crippen molar-refractivity contribution in [1.82, 2.24) is 5.32 Å². The molecule has 0 fully saturated rings. The summed E-state index contributed by atoms with van der Waals surface area (Å²) in [5, 5.41) is 5.05. The summed E-state index contributed by atoms with van der Waals surface area (Å²) >= 11 is 12.0. The lowest BCUT2D eigenvalue weighted by Crippen LogP contribution is -2.22. The summed E-state index contributed by atoms with van der Waals surface area (Å²) in [5.74, 6) is 0. The van der Waals surface area contributed by atoms with Gasteiger partial charge in [-0.15, -0.1) is 0 Å². The first-order valence-electron chi connectivity index (χ1n) is 6.36. The topological polar surface area (TPSA) is 12.0 Å². The third-order valence-corrected chi connectivity index (χ3v) is 3.80. The number of aryl methyl sites for hydroxylation is 1. The largest absolute Gasteiger partial charge is 0.307 e. The monoisotopic (exact) mass is 293 g/mol. The van der Waals surface area contributed by atoms with E-state index in [1.165, 1.54) is 11.1 Å². The van der Waals surface area contributed by atoms with Crippen molar-refractivity contribution >= 4 is 23.2 Å². The van der Waals surface area contributed by atoms with Crippen LogP contribution in [-0.2, 0) is 0 Å². The summed E-state index contributed by atoms with van der Waals surface area (Å²) < 4.78 is 0. The number of nitrogens with one attached hydrogen (secondary N) is 1. The lowest BCUT2D eigenvalue weighted by Gasteiger charge is -2.20. The smallest absolute Gasteiger partial charge is 0.0576 e. The van der Waals surface area contributed by atoms with Gasteiger partial charge in [0.1, 0.15) is 0 Å². The fraction of sp³-hybridized carbons (Fsp3) is 0.250. The Labute approximate surface area is 124 Å². The van der Waals surface area contributed by atoms with Gasteiger partial charge in [-0.25, -0.2) is 0 Å². The third kappa shape index (κ3) is 3.50. The molecule has 100 valence electrons. The van der Waals surface area contributed by atoms with Gasteiger partial charge < -0.3 is 5.32 Å². The van der Waals surface area contributed by atoms with Crippen LogP contribution in [0.1, 0.15) is 29.7 Å². The summed E-state index contributed by atoms with van der Waals surface area (Å²) in [6.07, 6.45) is 0. The summed E-state index contributed by atoms with van der Waals surface area (Å²) in [7, 11) is 0. The van der Waals surface area contributed by atoms with Crippen LogP contribution in [0.3, 0.4) is 0 Å². The van der Waals surface area contributed by atoms with Gasteiger partial charge in [0.15, 0.2) is 0 Å². The Balaban J connectivity index is 2.38. The number of hydrogen-bond acceptors (Lipinski definition) is 1. The van der Waals surface area contributed by atoms with Crippen LogP contribution in [0.5, 0.6) is 0 Å². The van der Waals surface area contributed by atoms with E-state index in [4.69, 9.17) is 23.2 Å². The second-order valence-corrected chi connectivity index (χ2v) is 5.39. The minimum Gasteiger partial charge on any atom is -0.307 e. The molecule has 0 saturated carbocycles. The highest BCUT2D eigenvalue weighted by molar-refractivity contribution is 6.31. The van der Waals surface area contributed by atoms with Gasteiger partial charge in [-0.05, 0) is 48.4 Å². The fourth-order valence-corrected chi connectivity index (χ4v) is 2.38. The first-order chi connectivity index (χ1) is 9.11. The van der Waals surface area contributed by atoms with Gasteiger partial charge in [-0.1, -0.05) is 54.4 Å². The molecule has 2 rings (SSSR count). The van der Waals surface area contributed by atoms with Crippen molar-refractivity contribution < 1.29 is 0 Å². The Kier molecular flexibility index (Phi) is 4.87. The van der Waals surface area contributed by atoms with Crippen molar-refractivity contribution in [2.24, 2.45) is 0 Å². The third-order valence-electron chi connectivity index (χ3n) is 3.13. The van der Waals surface area contributed by atoms with E-state index in [1.54, 1.807) is 0 Å². The minimum atomic E-state index is 0.165. The summed E-state index contributed by atoms with van der Waals surface area (Å²) in [6, 6.07) is 14.3. The molecule has 0 aliphatic rings. The molecular weight excluding hydrogens is 277 g/mol. The Morgan fingerprint density at radius 2 is 1.63 bits per heavy atom. The van der Waals surface area contributed by atoms with Crippen LogP contribution in [0.25, 0.3) is 0 Å². The second-order valence-electron chi connectivity index (χ2n) is 4.55. The average molecular weight is 294 g/mol. The maximum atomic E-state index is 6.09. The van der Waals surface area contributed by atoms with Crippen LogP contribution in [0, 0.1) is 6.92 Å². The highest BCUT2D eigenvalue weighted by Gasteiger charge is 2.13. The number of halogens is 2. The predicted octanol–water partition coefficient (Wildman–Crippen LogP) is 5.00. The molecule has 0 amide bonds. The van der Waals surface area contributed by atoms with Crippen molar-refractivity contribution in [3.05, 3.63) is 69.2 Å². The molecule has 3 heteroatoms. The van der Waals surface area contributed by atoms with Gasteiger partial charge in [-0.3, -0.25) is 0 Å². The normalized spacial score (nSPS) is 12.4. The maximum Gasteiger partial charge on any atom is 0.0576 e. The van der Waals surface area contributed by atoms with Crippen LogP contribution in [-0.4, -0.2) is 6.54 Å². The molecule has 19 heavy (non-hydrogen) atoms. The SMILES string of the molecule is CCNC(c1ccc(Cl)cc1)c1ccc(Cl)c(C)c1. The lowest BCUT2D eigenvalue weighted by molar-refractivity contribution is 0.630. The van der Waals surface area contributed by atoms with Gasteiger partial charge in [0.25, 0.3) is 0 Å². The quantitative estimate of drug-likeness (QED) is 0.836. The van der Waals surface area contributed by atoms with E-state index in [9.17, 15) is 0 Å². The molecule has 0 aliphatic carbocycles. The first kappa shape index (κ1) is 14.4. The van der Waals surface area contributed by atoms with E-state index in [0.717, 1.165) is 22.2 Å². The van der Waals surface area contributed by atoms with Crippen LogP contribution in [0.4, 0.5) is 0 Å². The van der Waals surface area contributed by atoms with E-state index >= 15 is 0 Å². The molecule has 0 aromatic heterocycles. The van der Waals surface area contributed by atoms with E-state index in [1.807, 2.05) is 25.1 Å². The molecule has 0 bridgehead atoms. The van der Waals surface area contributed by atoms with E-state index in [0.29, 0.717) is 0 Å². The Hall–Kier alpha value is -1.02. The molecule has 0 aliphatic heterocycles. The zero-order valence-electron chi connectivity index (χ0n) is 11.1. The molecule has 2 aromatic carbocycles. The van der Waals surface area contributed by atoms with Gasteiger partial charge in [0.05, 0.1) is 6.04 Å². The van der Waals surface area contributed by atoms with Gasteiger partial charge in [0.2, 0.25) is 0 Å². The summed E-state index contributed by atoms with van der Waals surface area (Å²) in [5.41, 5.74) is 3.51. The molecule has 1 N–H and O–H groups in total. The first-order valence-corrected chi connectivity index (χ1v) is 7.12. The Morgan fingerprint density at radius 1 is 1.00 bits per heavy atom. The van der Waals surface area contributed by atoms with Crippen molar-refractivity contribution in [3.8, 4) is 0 Å². The predicted molar refractivity (Wildman–Crippen MR) is 83.2 cm³/mol. The fourth-order valence-electron chi connectivity index (χ4n) is 2.13. The van der Waals surface area contributed by atoms with E-state index in [2.05, 4.69) is 36.5 Å². The van der Waals surface area contributed by atoms with Crippen LogP contribution in [0.15, 0.2) is 42.5 Å². The second kappa shape index (κ2) is 6.42. The van der Waals surface area contributed by atoms with Crippen LogP contribution < -0.4 is 5.32 Å². The molecule has 0 heterocycles. The zero-order chi connectivity index (χ0) is 13.8. The minimum absolute atomic E-state index is 0.165. The molecule has 2 aromatic rings. The Bertz CT molecular complexity index is 549. The maximum absolute atomic E-state index is 6.09. The van der Waals surface area contributed by atoms with Gasteiger partial charge >= 0.3 is 0 Å². The standard InChI is InChI=1S/C16H17Cl2N/c1-3-19-16(12-4-7-14(17)8-5-12)13-6-9-15(18)11(2)10-13/h4-10,16,19H,3H2,1-2H3. The summed E-state index contributed by atoms with van der Waals surface area (Å²) in [4.78, 5) is 0. The van der Waals surface area contributed by atoms with Crippen molar-refractivity contribution in [3.63, 3.8) is 0 Å². The van der Waals surface area contributed by atoms with Crippen molar-refractivity contribution in [2.75, 3.05) is 6.54 Å². The lowest BCUT2D eigenvalue weighted by atomic mass is 9.97. The molecule has 1 atom stereocenters. The van der Waals surface area contributed by atoms with Crippen LogP contribution >= 0.6 is 23.2 Å². The Morgan fingerprint density at radius 3 is 2.21 bits per heavy atom. The number of rotatable bonds is 4. The molecule has 0 saturated heterocycles. The average Bonchev–Trinajstić information content (AvgIpc) is 2.41. The molecule has 1 nitrogen and oxygen atoms in total. The van der Waals surface area contributed by atoms with Gasteiger partial charge in [-0.2, -0.15) is 0 Å². The zero-order valence-corrected chi connectivity index (χ0v) is 12.6. The number of benzene rings is 2. The molecular formula is C16H17Cl2N. The molecule has 0 radical (unpaired) electrons. The van der Waals surface area contributed by atoms with E-state index < -0.39 is 0 Å². The van der Waals surface area contributed by atoms with Crippen molar-refractivity contribution in [1.29, 1.82) is 0 Å². The van der Waals surface area contributed by atoms with E-state index in [-0.39, 0.29) is 6.04 Å². The molecule has 1 unspecified atom stereocenters. The van der Waals surface area contributed by atoms with Gasteiger partial charge in [0, 0.05) is 10.0 Å². The number of hydrogen-bond donors (Lipinski definition) is 1. The highest BCUT2D eigenvalue weighted by Crippen LogP contribution is 2.26. The van der Waals surface area contributed by atoms with Crippen molar-refractivity contribution in [2.45, 2.75) is 19.9 Å². The van der Waals surface area contributed by atoms with Crippen LogP contribution in [0.2, 0.25) is 10.0 Å². The highest BCUT2D eigenvalue weighted by atomic mass is 35.5. The summed E-state index contributed by atoms with van der Waals surface area (Å²) in [6.45, 7) is 5.03.